The molecular formula is C13H10ClNO3. The van der Waals surface area contributed by atoms with Crippen LogP contribution < -0.4 is 4.74 Å². The largest absolute Gasteiger partial charge is 0.487 e. The predicted molar refractivity (Wildman–Crippen MR) is 67.0 cm³/mol. The summed E-state index contributed by atoms with van der Waals surface area (Å²) in [5.74, 6) is -0.424. The van der Waals surface area contributed by atoms with Crippen molar-refractivity contribution in [3.63, 3.8) is 0 Å². The molecule has 0 fully saturated rings. The van der Waals surface area contributed by atoms with Crippen molar-refractivity contribution >= 4 is 17.6 Å². The monoisotopic (exact) mass is 263 g/mol. The van der Waals surface area contributed by atoms with E-state index in [4.69, 9.17) is 21.4 Å². The van der Waals surface area contributed by atoms with Crippen LogP contribution in [0, 0.1) is 0 Å². The third kappa shape index (κ3) is 2.99. The van der Waals surface area contributed by atoms with E-state index in [9.17, 15) is 4.79 Å². The van der Waals surface area contributed by atoms with E-state index < -0.39 is 5.97 Å². The molecule has 1 aromatic heterocycles. The molecule has 18 heavy (non-hydrogen) atoms. The Kier molecular flexibility index (Phi) is 3.79. The van der Waals surface area contributed by atoms with Gasteiger partial charge in [0.1, 0.15) is 12.4 Å². The minimum atomic E-state index is -1.05. The molecule has 0 aliphatic rings. The molecule has 4 nitrogen and oxygen atoms in total. The number of hydrogen-bond donors (Lipinski definition) is 1. The molecule has 5 heteroatoms. The maximum Gasteiger partial charge on any atom is 0.337 e. The van der Waals surface area contributed by atoms with Gasteiger partial charge in [0.25, 0.3) is 0 Å². The molecule has 92 valence electrons. The SMILES string of the molecule is O=C(O)c1cc(COc2cccnc2)ccc1Cl. The molecule has 1 aromatic carbocycles. The highest BCUT2D eigenvalue weighted by atomic mass is 35.5. The zero-order valence-corrected chi connectivity index (χ0v) is 10.1. The van der Waals surface area contributed by atoms with E-state index in [1.807, 2.05) is 0 Å². The molecule has 0 unspecified atom stereocenters. The van der Waals surface area contributed by atoms with Crippen molar-refractivity contribution < 1.29 is 14.6 Å². The van der Waals surface area contributed by atoms with Crippen molar-refractivity contribution in [2.45, 2.75) is 6.61 Å². The molecule has 0 aliphatic carbocycles. The van der Waals surface area contributed by atoms with Gasteiger partial charge >= 0.3 is 5.97 Å². The first-order chi connectivity index (χ1) is 8.66. The van der Waals surface area contributed by atoms with Crippen molar-refractivity contribution in [2.75, 3.05) is 0 Å². The third-order valence-electron chi connectivity index (χ3n) is 2.30. The molecular weight excluding hydrogens is 254 g/mol. The predicted octanol–water partition coefficient (Wildman–Crippen LogP) is 3.01. The molecule has 1 heterocycles. The molecule has 0 saturated carbocycles. The van der Waals surface area contributed by atoms with Crippen LogP contribution in [0.2, 0.25) is 5.02 Å². The molecule has 2 rings (SSSR count). The van der Waals surface area contributed by atoms with Crippen LogP contribution in [0.15, 0.2) is 42.7 Å². The Morgan fingerprint density at radius 3 is 2.89 bits per heavy atom. The topological polar surface area (TPSA) is 59.4 Å². The zero-order valence-electron chi connectivity index (χ0n) is 9.34. The van der Waals surface area contributed by atoms with Gasteiger partial charge in [-0.15, -0.1) is 0 Å². The fourth-order valence-electron chi connectivity index (χ4n) is 1.43. The van der Waals surface area contributed by atoms with Crippen molar-refractivity contribution in [1.82, 2.24) is 4.98 Å². The molecule has 0 saturated heterocycles. The standard InChI is InChI=1S/C13H10ClNO3/c14-12-4-3-9(6-11(12)13(16)17)8-18-10-2-1-5-15-7-10/h1-7H,8H2,(H,16,17). The summed E-state index contributed by atoms with van der Waals surface area (Å²) in [6.45, 7) is 0.267. The Bertz CT molecular complexity index is 557. The number of aromatic nitrogens is 1. The van der Waals surface area contributed by atoms with Gasteiger partial charge in [-0.05, 0) is 29.8 Å². The number of carboxylic acid groups (broad SMARTS) is 1. The van der Waals surface area contributed by atoms with Gasteiger partial charge < -0.3 is 9.84 Å². The number of ether oxygens (including phenoxy) is 1. The molecule has 1 N–H and O–H groups in total. The van der Waals surface area contributed by atoms with Crippen LogP contribution in [0.1, 0.15) is 15.9 Å². The molecule has 0 aliphatic heterocycles. The van der Waals surface area contributed by atoms with Gasteiger partial charge in [-0.25, -0.2) is 4.79 Å². The lowest BCUT2D eigenvalue weighted by Crippen LogP contribution is -2.01. The fourth-order valence-corrected chi connectivity index (χ4v) is 1.62. The second kappa shape index (κ2) is 5.51. The Hall–Kier alpha value is -2.07. The summed E-state index contributed by atoms with van der Waals surface area (Å²) in [4.78, 5) is 14.8. The summed E-state index contributed by atoms with van der Waals surface area (Å²) in [6.07, 6.45) is 3.24. The Balaban J connectivity index is 2.11. The summed E-state index contributed by atoms with van der Waals surface area (Å²) in [7, 11) is 0. The molecule has 0 atom stereocenters. The lowest BCUT2D eigenvalue weighted by atomic mass is 10.1. The van der Waals surface area contributed by atoms with Crippen LogP contribution in [-0.4, -0.2) is 16.1 Å². The number of hydrogen-bond acceptors (Lipinski definition) is 3. The molecule has 0 spiro atoms. The first kappa shape index (κ1) is 12.4. The number of benzene rings is 1. The number of halogens is 1. The van der Waals surface area contributed by atoms with E-state index in [1.165, 1.54) is 6.07 Å². The molecule has 0 radical (unpaired) electrons. The van der Waals surface area contributed by atoms with Gasteiger partial charge in [0.15, 0.2) is 0 Å². The van der Waals surface area contributed by atoms with Gasteiger partial charge in [-0.2, -0.15) is 0 Å². The van der Waals surface area contributed by atoms with E-state index in [0.29, 0.717) is 5.75 Å². The van der Waals surface area contributed by atoms with Crippen LogP contribution in [0.3, 0.4) is 0 Å². The van der Waals surface area contributed by atoms with E-state index in [-0.39, 0.29) is 17.2 Å². The molecule has 0 bridgehead atoms. The lowest BCUT2D eigenvalue weighted by molar-refractivity contribution is 0.0697. The Morgan fingerprint density at radius 2 is 2.22 bits per heavy atom. The average Bonchev–Trinajstić information content (AvgIpc) is 2.38. The normalized spacial score (nSPS) is 10.1. The number of carboxylic acids is 1. The van der Waals surface area contributed by atoms with Crippen molar-refractivity contribution in [1.29, 1.82) is 0 Å². The second-order valence-electron chi connectivity index (χ2n) is 3.60. The number of nitrogens with zero attached hydrogens (tertiary/aromatic N) is 1. The smallest absolute Gasteiger partial charge is 0.337 e. The van der Waals surface area contributed by atoms with Crippen LogP contribution in [0.4, 0.5) is 0 Å². The van der Waals surface area contributed by atoms with Gasteiger partial charge in [0.2, 0.25) is 0 Å². The summed E-state index contributed by atoms with van der Waals surface area (Å²) in [6, 6.07) is 8.32. The number of pyridine rings is 1. The summed E-state index contributed by atoms with van der Waals surface area (Å²) >= 11 is 5.78. The van der Waals surface area contributed by atoms with E-state index >= 15 is 0 Å². The average molecular weight is 264 g/mol. The van der Waals surface area contributed by atoms with E-state index in [0.717, 1.165) is 5.56 Å². The number of aromatic carboxylic acids is 1. The zero-order chi connectivity index (χ0) is 13.0. The van der Waals surface area contributed by atoms with Gasteiger partial charge in [-0.1, -0.05) is 17.7 Å². The maximum atomic E-state index is 10.9. The van der Waals surface area contributed by atoms with Crippen LogP contribution >= 0.6 is 11.6 Å². The highest BCUT2D eigenvalue weighted by molar-refractivity contribution is 6.33. The van der Waals surface area contributed by atoms with Gasteiger partial charge in [0.05, 0.1) is 16.8 Å². The van der Waals surface area contributed by atoms with E-state index in [2.05, 4.69) is 4.98 Å². The van der Waals surface area contributed by atoms with Gasteiger partial charge in [0, 0.05) is 6.20 Å². The Labute approximate surface area is 109 Å². The fraction of sp³-hybridized carbons (Fsp3) is 0.0769. The van der Waals surface area contributed by atoms with Crippen LogP contribution in [0.5, 0.6) is 5.75 Å². The van der Waals surface area contributed by atoms with Crippen LogP contribution in [0.25, 0.3) is 0 Å². The van der Waals surface area contributed by atoms with Crippen molar-refractivity contribution in [3.05, 3.63) is 58.9 Å². The minimum Gasteiger partial charge on any atom is -0.487 e. The Morgan fingerprint density at radius 1 is 1.39 bits per heavy atom. The highest BCUT2D eigenvalue weighted by Crippen LogP contribution is 2.19. The van der Waals surface area contributed by atoms with Crippen LogP contribution in [-0.2, 0) is 6.61 Å². The van der Waals surface area contributed by atoms with Crippen molar-refractivity contribution in [3.8, 4) is 5.75 Å². The first-order valence-electron chi connectivity index (χ1n) is 5.21. The summed E-state index contributed by atoms with van der Waals surface area (Å²) in [5, 5.41) is 9.16. The number of carbonyl (C=O) groups is 1. The lowest BCUT2D eigenvalue weighted by Gasteiger charge is -2.07. The molecule has 2 aromatic rings. The quantitative estimate of drug-likeness (QED) is 0.921. The summed E-state index contributed by atoms with van der Waals surface area (Å²) < 4.78 is 5.47. The van der Waals surface area contributed by atoms with Crippen molar-refractivity contribution in [2.24, 2.45) is 0 Å². The number of rotatable bonds is 4. The first-order valence-corrected chi connectivity index (χ1v) is 5.59. The molecule has 0 amide bonds. The highest BCUT2D eigenvalue weighted by Gasteiger charge is 2.09. The third-order valence-corrected chi connectivity index (χ3v) is 2.63. The minimum absolute atomic E-state index is 0.0731. The van der Waals surface area contributed by atoms with E-state index in [1.54, 1.807) is 36.7 Å². The maximum absolute atomic E-state index is 10.9. The summed E-state index contributed by atoms with van der Waals surface area (Å²) in [5.41, 5.74) is 0.810. The van der Waals surface area contributed by atoms with Gasteiger partial charge in [-0.3, -0.25) is 4.98 Å². The second-order valence-corrected chi connectivity index (χ2v) is 4.00.